The minimum atomic E-state index is -1.67. The molecule has 1 rings (SSSR count). The molecule has 1 aliphatic rings. The second-order valence-electron chi connectivity index (χ2n) is 3.15. The average molecular weight is 208 g/mol. The Kier molecular flexibility index (Phi) is 3.40. The number of carbonyl (C=O) groups excluding carboxylic acids is 1. The lowest BCUT2D eigenvalue weighted by Gasteiger charge is -2.40. The molecular formula is C7H12O7. The van der Waals surface area contributed by atoms with Crippen LogP contribution in [0.1, 0.15) is 0 Å². The second kappa shape index (κ2) is 4.20. The molecule has 1 fully saturated rings. The van der Waals surface area contributed by atoms with Crippen LogP contribution in [0.3, 0.4) is 0 Å². The highest BCUT2D eigenvalue weighted by Crippen LogP contribution is 2.23. The van der Waals surface area contributed by atoms with Crippen LogP contribution in [0.2, 0.25) is 0 Å². The van der Waals surface area contributed by atoms with Crippen LogP contribution in [0.25, 0.3) is 0 Å². The summed E-state index contributed by atoms with van der Waals surface area (Å²) in [6.07, 6.45) is -9.72. The van der Waals surface area contributed by atoms with Gasteiger partial charge < -0.3 is 30.3 Å². The number of rotatable bonds is 2. The predicted molar refractivity (Wildman–Crippen MR) is 41.0 cm³/mol. The number of carbonyl (C=O) groups is 1. The zero-order chi connectivity index (χ0) is 10.9. The van der Waals surface area contributed by atoms with Crippen LogP contribution in [0.15, 0.2) is 0 Å². The highest BCUT2D eigenvalue weighted by Gasteiger charge is 2.49. The zero-order valence-electron chi connectivity index (χ0n) is 7.09. The third kappa shape index (κ3) is 1.72. The maximum atomic E-state index is 9.99. The van der Waals surface area contributed by atoms with Gasteiger partial charge in [0.2, 0.25) is 0 Å². The van der Waals surface area contributed by atoms with E-state index in [2.05, 4.69) is 4.74 Å². The van der Waals surface area contributed by atoms with Gasteiger partial charge in [0.15, 0.2) is 6.10 Å². The van der Waals surface area contributed by atoms with E-state index in [9.17, 15) is 15.0 Å². The Balaban J connectivity index is 2.80. The molecule has 0 aromatic rings. The Labute approximate surface area is 79.2 Å². The van der Waals surface area contributed by atoms with Crippen molar-refractivity contribution in [3.05, 3.63) is 0 Å². The van der Waals surface area contributed by atoms with Crippen LogP contribution in [0.5, 0.6) is 0 Å². The van der Waals surface area contributed by atoms with Crippen LogP contribution in [-0.2, 0) is 9.53 Å². The van der Waals surface area contributed by atoms with Gasteiger partial charge in [-0.05, 0) is 0 Å². The molecular weight excluding hydrogens is 196 g/mol. The first-order valence-electron chi connectivity index (χ1n) is 4.00. The lowest BCUT2D eigenvalue weighted by molar-refractivity contribution is -0.228. The molecule has 5 N–H and O–H groups in total. The molecule has 0 aromatic carbocycles. The van der Waals surface area contributed by atoms with Crippen molar-refractivity contribution < 1.29 is 35.1 Å². The van der Waals surface area contributed by atoms with Gasteiger partial charge in [-0.15, -0.1) is 0 Å². The van der Waals surface area contributed by atoms with E-state index in [-0.39, 0.29) is 6.47 Å². The topological polar surface area (TPSA) is 127 Å². The third-order valence-electron chi connectivity index (χ3n) is 2.29. The number of aliphatic hydroxyl groups excluding tert-OH is 5. The van der Waals surface area contributed by atoms with Gasteiger partial charge in [0.1, 0.15) is 30.5 Å². The zero-order valence-corrected chi connectivity index (χ0v) is 7.09. The number of hydrogen-bond donors (Lipinski definition) is 5. The second-order valence-corrected chi connectivity index (χ2v) is 3.15. The van der Waals surface area contributed by atoms with Crippen LogP contribution >= 0.6 is 0 Å². The summed E-state index contributed by atoms with van der Waals surface area (Å²) >= 11 is 0. The van der Waals surface area contributed by atoms with Gasteiger partial charge in [-0.25, -0.2) is 0 Å². The van der Waals surface area contributed by atoms with Crippen molar-refractivity contribution >= 4 is 6.47 Å². The number of ether oxygens (including phenoxy) is 1. The van der Waals surface area contributed by atoms with E-state index >= 15 is 0 Å². The first kappa shape index (κ1) is 11.3. The van der Waals surface area contributed by atoms with E-state index in [1.807, 2.05) is 0 Å². The maximum Gasteiger partial charge on any atom is 0.293 e. The van der Waals surface area contributed by atoms with Gasteiger partial charge in [-0.3, -0.25) is 4.79 Å². The van der Waals surface area contributed by atoms with Crippen molar-refractivity contribution in [1.82, 2.24) is 0 Å². The molecule has 14 heavy (non-hydrogen) atoms. The summed E-state index contributed by atoms with van der Waals surface area (Å²) in [5.41, 5.74) is 0. The van der Waals surface area contributed by atoms with Crippen LogP contribution in [-0.4, -0.2) is 68.6 Å². The molecule has 1 aliphatic carbocycles. The minimum absolute atomic E-state index is 0.0196. The smallest absolute Gasteiger partial charge is 0.293 e. The maximum absolute atomic E-state index is 9.99. The Morgan fingerprint density at radius 3 is 1.50 bits per heavy atom. The molecule has 4 atom stereocenters. The van der Waals surface area contributed by atoms with Gasteiger partial charge in [0.25, 0.3) is 6.47 Å². The van der Waals surface area contributed by atoms with Crippen LogP contribution in [0, 0.1) is 0 Å². The Bertz CT molecular complexity index is 192. The van der Waals surface area contributed by atoms with Crippen molar-refractivity contribution in [2.24, 2.45) is 0 Å². The Morgan fingerprint density at radius 2 is 1.14 bits per heavy atom. The standard InChI is InChI=1S/C7H12O7/c8-1-14-7-5(12)3(10)2(9)4(11)6(7)13/h1-7,9-13H. The van der Waals surface area contributed by atoms with E-state index in [0.29, 0.717) is 0 Å². The molecule has 0 aromatic heterocycles. The fraction of sp³-hybridized carbons (Fsp3) is 0.857. The van der Waals surface area contributed by atoms with Crippen molar-refractivity contribution in [2.45, 2.75) is 36.6 Å². The molecule has 0 radical (unpaired) electrons. The quantitative estimate of drug-likeness (QED) is 0.296. The molecule has 0 aliphatic heterocycles. The SMILES string of the molecule is O=COC1C(O)C(O)C(O)C(O)C1O. The average Bonchev–Trinajstić information content (AvgIpc) is 2.19. The van der Waals surface area contributed by atoms with Crippen molar-refractivity contribution in [3.8, 4) is 0 Å². The van der Waals surface area contributed by atoms with Gasteiger partial charge in [0.05, 0.1) is 0 Å². The van der Waals surface area contributed by atoms with E-state index in [1.165, 1.54) is 0 Å². The van der Waals surface area contributed by atoms with Gasteiger partial charge in [-0.1, -0.05) is 0 Å². The molecule has 82 valence electrons. The minimum Gasteiger partial charge on any atom is -0.459 e. The van der Waals surface area contributed by atoms with Crippen LogP contribution < -0.4 is 0 Å². The first-order valence-corrected chi connectivity index (χ1v) is 4.00. The van der Waals surface area contributed by atoms with E-state index in [0.717, 1.165) is 0 Å². The van der Waals surface area contributed by atoms with E-state index in [1.54, 1.807) is 0 Å². The van der Waals surface area contributed by atoms with Crippen molar-refractivity contribution in [2.75, 3.05) is 0 Å². The fourth-order valence-electron chi connectivity index (χ4n) is 1.42. The third-order valence-corrected chi connectivity index (χ3v) is 2.29. The predicted octanol–water partition coefficient (Wildman–Crippen LogP) is -3.65. The summed E-state index contributed by atoms with van der Waals surface area (Å²) in [5.74, 6) is 0. The summed E-state index contributed by atoms with van der Waals surface area (Å²) < 4.78 is 4.28. The normalized spacial score (nSPS) is 48.6. The highest BCUT2D eigenvalue weighted by atomic mass is 16.6. The molecule has 1 saturated carbocycles. The van der Waals surface area contributed by atoms with E-state index < -0.39 is 36.6 Å². The van der Waals surface area contributed by atoms with Gasteiger partial charge in [-0.2, -0.15) is 0 Å². The molecule has 4 unspecified atom stereocenters. The lowest BCUT2D eigenvalue weighted by Crippen LogP contribution is -2.64. The number of aliphatic hydroxyl groups is 5. The molecule has 7 heteroatoms. The fourth-order valence-corrected chi connectivity index (χ4v) is 1.42. The largest absolute Gasteiger partial charge is 0.459 e. The van der Waals surface area contributed by atoms with Gasteiger partial charge in [0, 0.05) is 0 Å². The summed E-state index contributed by atoms with van der Waals surface area (Å²) in [7, 11) is 0. The first-order chi connectivity index (χ1) is 6.50. The Morgan fingerprint density at radius 1 is 0.786 bits per heavy atom. The molecule has 0 saturated heterocycles. The Hall–Kier alpha value is -0.730. The van der Waals surface area contributed by atoms with E-state index in [4.69, 9.17) is 15.3 Å². The summed E-state index contributed by atoms with van der Waals surface area (Å²) in [5, 5.41) is 46.0. The molecule has 0 heterocycles. The highest BCUT2D eigenvalue weighted by molar-refractivity contribution is 5.38. The number of hydrogen-bond acceptors (Lipinski definition) is 7. The lowest BCUT2D eigenvalue weighted by atomic mass is 9.85. The van der Waals surface area contributed by atoms with Gasteiger partial charge >= 0.3 is 0 Å². The summed E-state index contributed by atoms with van der Waals surface area (Å²) in [6.45, 7) is -0.0196. The monoisotopic (exact) mass is 208 g/mol. The van der Waals surface area contributed by atoms with Crippen molar-refractivity contribution in [3.63, 3.8) is 0 Å². The molecule has 7 nitrogen and oxygen atoms in total. The molecule has 0 amide bonds. The summed E-state index contributed by atoms with van der Waals surface area (Å²) in [6, 6.07) is 0. The summed E-state index contributed by atoms with van der Waals surface area (Å²) in [4.78, 5) is 9.99. The van der Waals surface area contributed by atoms with Crippen molar-refractivity contribution in [1.29, 1.82) is 0 Å². The van der Waals surface area contributed by atoms with Crippen LogP contribution in [0.4, 0.5) is 0 Å². The molecule has 0 bridgehead atoms. The molecule has 0 spiro atoms.